The molecule has 4 aliphatic heterocycles. The van der Waals surface area contributed by atoms with Crippen LogP contribution in [-0.2, 0) is 9.59 Å². The predicted molar refractivity (Wildman–Crippen MR) is 273 cm³/mol. The predicted octanol–water partition coefficient (Wildman–Crippen LogP) is 13.3. The van der Waals surface area contributed by atoms with Gasteiger partial charge in [0.05, 0.1) is 44.3 Å². The quantitative estimate of drug-likeness (QED) is 0.142. The Morgan fingerprint density at radius 1 is 0.642 bits per heavy atom. The molecule has 8 aromatic rings. The molecule has 334 valence electrons. The number of carbonyl (C=O) groups is 2. The van der Waals surface area contributed by atoms with Crippen LogP contribution < -0.4 is 16.0 Å². The Labute approximate surface area is 403 Å². The highest BCUT2D eigenvalue weighted by atomic mass is 32.2. The van der Waals surface area contributed by atoms with Gasteiger partial charge in [-0.25, -0.2) is 18.7 Å². The van der Waals surface area contributed by atoms with E-state index in [4.69, 9.17) is 17.2 Å². The summed E-state index contributed by atoms with van der Waals surface area (Å²) in [7, 11) is 0. The number of fused-ring (bicyclic) bond motifs is 5. The molecule has 6 aromatic carbocycles. The van der Waals surface area contributed by atoms with Crippen LogP contribution in [0.3, 0.4) is 0 Å². The van der Waals surface area contributed by atoms with Crippen LogP contribution in [0.5, 0.6) is 0 Å². The smallest absolute Gasteiger partial charge is 0.234 e. The molecular weight excluding hydrogens is 919 g/mol. The number of nitrogens with zero attached hydrogens (tertiary/aromatic N) is 3. The molecule has 6 heterocycles. The lowest BCUT2D eigenvalue weighted by Gasteiger charge is -2.50. The van der Waals surface area contributed by atoms with Crippen molar-refractivity contribution in [2.24, 2.45) is 15.8 Å². The van der Waals surface area contributed by atoms with Crippen LogP contribution in [0.2, 0.25) is 0 Å². The zero-order chi connectivity index (χ0) is 46.2. The molecule has 14 heteroatoms. The van der Waals surface area contributed by atoms with E-state index in [-0.39, 0.29) is 47.4 Å². The second-order valence-corrected chi connectivity index (χ2v) is 20.9. The Kier molecular flexibility index (Phi) is 10.9. The molecule has 4 bridgehead atoms. The fraction of sp³-hybridized carbons (Fsp3) is 0.208. The van der Waals surface area contributed by atoms with Crippen LogP contribution in [0.15, 0.2) is 137 Å². The number of nitrogens with one attached hydrogen (secondary N) is 3. The number of thioether (sulfide) groups is 1. The minimum atomic E-state index is -0.660. The van der Waals surface area contributed by atoms with Crippen molar-refractivity contribution in [2.45, 2.75) is 50.6 Å². The number of rotatable bonds is 6. The van der Waals surface area contributed by atoms with Crippen LogP contribution in [-0.4, -0.2) is 38.1 Å². The van der Waals surface area contributed by atoms with Crippen molar-refractivity contribution < 1.29 is 18.4 Å². The van der Waals surface area contributed by atoms with E-state index in [9.17, 15) is 18.4 Å². The van der Waals surface area contributed by atoms with Crippen molar-refractivity contribution >= 4 is 100 Å². The number of thiocarbonyl (C=S) groups is 1. The molecule has 8 nitrogen and oxygen atoms in total. The summed E-state index contributed by atoms with van der Waals surface area (Å²) in [4.78, 5) is 42.3. The van der Waals surface area contributed by atoms with E-state index in [1.54, 1.807) is 36.0 Å². The molecule has 1 saturated heterocycles. The first-order valence-corrected chi connectivity index (χ1v) is 25.3. The molecule has 0 radical (unpaired) electrons. The fourth-order valence-corrected chi connectivity index (χ4v) is 13.0. The summed E-state index contributed by atoms with van der Waals surface area (Å²) in [6, 6.07) is 37.3. The summed E-state index contributed by atoms with van der Waals surface area (Å²) in [5.41, 5.74) is 6.60. The van der Waals surface area contributed by atoms with E-state index in [0.717, 1.165) is 55.2 Å². The SMILES string of the molecule is CC1(C(=O)Nc2nc(-c3ccc(F)c4ccccc34)cs2)CC2C(=S)NC1c1ccccc12.CSC1=NC2c3ccccc3C1CC2(C)C(=O)Nc1nc(-c2ccc(F)c3ccccc23)cs1. The average Bonchev–Trinajstić information content (AvgIpc) is 4.03. The Hall–Kier alpha value is -6.19. The van der Waals surface area contributed by atoms with Crippen molar-refractivity contribution in [3.8, 4) is 22.5 Å². The fourth-order valence-electron chi connectivity index (χ4n) is 10.5. The Morgan fingerprint density at radius 3 is 1.66 bits per heavy atom. The highest BCUT2D eigenvalue weighted by Crippen LogP contribution is 2.57. The molecule has 2 amide bonds. The number of aromatic nitrogens is 2. The first kappa shape index (κ1) is 43.4. The molecule has 1 fully saturated rings. The number of anilines is 2. The lowest BCUT2D eigenvalue weighted by Crippen LogP contribution is -2.56. The van der Waals surface area contributed by atoms with Gasteiger partial charge < -0.3 is 16.0 Å². The topological polar surface area (TPSA) is 108 Å². The van der Waals surface area contributed by atoms with Crippen molar-refractivity contribution in [1.29, 1.82) is 0 Å². The average molecular weight is 961 g/mol. The molecule has 14 rings (SSSR count). The molecule has 6 aliphatic rings. The molecule has 0 saturated carbocycles. The van der Waals surface area contributed by atoms with Crippen LogP contribution in [0.1, 0.15) is 72.9 Å². The van der Waals surface area contributed by atoms with Crippen LogP contribution in [0.4, 0.5) is 19.0 Å². The molecule has 0 spiro atoms. The molecule has 3 N–H and O–H groups in total. The molecule has 67 heavy (non-hydrogen) atoms. The summed E-state index contributed by atoms with van der Waals surface area (Å²) in [6.07, 6.45) is 3.43. The number of halogens is 2. The van der Waals surface area contributed by atoms with E-state index >= 15 is 0 Å². The van der Waals surface area contributed by atoms with Gasteiger partial charge in [-0.05, 0) is 90.2 Å². The molecule has 2 aliphatic carbocycles. The van der Waals surface area contributed by atoms with Crippen molar-refractivity contribution in [3.05, 3.63) is 166 Å². The van der Waals surface area contributed by atoms with E-state index in [0.29, 0.717) is 33.2 Å². The van der Waals surface area contributed by atoms with Crippen molar-refractivity contribution in [2.75, 3.05) is 16.9 Å². The maximum Gasteiger partial charge on any atom is 0.234 e. The van der Waals surface area contributed by atoms with Crippen LogP contribution in [0, 0.1) is 22.5 Å². The zero-order valence-electron chi connectivity index (χ0n) is 36.5. The number of aliphatic imine (C=N–C) groups is 1. The summed E-state index contributed by atoms with van der Waals surface area (Å²) >= 11 is 10.0. The standard InChI is InChI=1S/C27H22FN3OS2.C26H20FN3OS2/c1-27(13-20-16-8-4-6-10-19(16)23(27)30-24(20)33-2)25(32)31-26-29-22(14-34-26)18-11-12-21(28)17-9-5-3-7-15(17)18;1-26(12-19-15-7-3-5-9-18(15)22(26)29-23(19)32)24(31)30-25-28-21(13-33-25)17-10-11-20(27)16-8-4-2-6-14(16)17/h3-12,14,20,23H,13H2,1-2H3,(H,29,31,32);2-11,13,19,22H,12H2,1H3,(H,29,32)(H,28,30,31). The van der Waals surface area contributed by atoms with Crippen LogP contribution >= 0.6 is 46.7 Å². The molecule has 6 atom stereocenters. The lowest BCUT2D eigenvalue weighted by atomic mass is 9.61. The summed E-state index contributed by atoms with van der Waals surface area (Å²) in [5.74, 6) is -0.477. The first-order chi connectivity index (χ1) is 32.4. The van der Waals surface area contributed by atoms with Gasteiger partial charge in [0.2, 0.25) is 11.8 Å². The second kappa shape index (κ2) is 16.8. The number of carbonyl (C=O) groups excluding carboxylic acids is 2. The summed E-state index contributed by atoms with van der Waals surface area (Å²) in [6.45, 7) is 4.01. The van der Waals surface area contributed by atoms with E-state index in [1.165, 1.54) is 45.9 Å². The first-order valence-electron chi connectivity index (χ1n) is 21.9. The maximum atomic E-state index is 14.3. The molecule has 6 unspecified atom stereocenters. The van der Waals surface area contributed by atoms with E-state index in [1.807, 2.05) is 79.2 Å². The second-order valence-electron chi connectivity index (χ2n) is 17.9. The number of piperidine rings is 1. The van der Waals surface area contributed by atoms with Gasteiger partial charge in [-0.1, -0.05) is 109 Å². The van der Waals surface area contributed by atoms with Crippen LogP contribution in [0.25, 0.3) is 44.1 Å². The third kappa shape index (κ3) is 7.27. The highest BCUT2D eigenvalue weighted by Gasteiger charge is 2.55. The monoisotopic (exact) mass is 960 g/mol. The van der Waals surface area contributed by atoms with Gasteiger partial charge in [-0.2, -0.15) is 0 Å². The number of hydrogen-bond acceptors (Lipinski definition) is 9. The van der Waals surface area contributed by atoms with Gasteiger partial charge in [0.1, 0.15) is 11.6 Å². The van der Waals surface area contributed by atoms with Gasteiger partial charge in [-0.3, -0.25) is 14.6 Å². The maximum absolute atomic E-state index is 14.3. The Balaban J connectivity index is 0.000000148. The number of hydrogen-bond donors (Lipinski definition) is 3. The number of amides is 2. The molecule has 2 aromatic heterocycles. The highest BCUT2D eigenvalue weighted by molar-refractivity contribution is 8.13. The molecular formula is C53H42F2N6O2S4. The van der Waals surface area contributed by atoms with E-state index in [2.05, 4.69) is 62.5 Å². The van der Waals surface area contributed by atoms with Gasteiger partial charge in [0, 0.05) is 44.5 Å². The summed E-state index contributed by atoms with van der Waals surface area (Å²) in [5, 5.41) is 18.2. The third-order valence-electron chi connectivity index (χ3n) is 14.0. The van der Waals surface area contributed by atoms with Gasteiger partial charge >= 0.3 is 0 Å². The Morgan fingerprint density at radius 2 is 1.10 bits per heavy atom. The van der Waals surface area contributed by atoms with Crippen molar-refractivity contribution in [1.82, 2.24) is 15.3 Å². The minimum absolute atomic E-state index is 0.0365. The summed E-state index contributed by atoms with van der Waals surface area (Å²) < 4.78 is 28.5. The minimum Gasteiger partial charge on any atom is -0.371 e. The van der Waals surface area contributed by atoms with Gasteiger partial charge in [-0.15, -0.1) is 34.4 Å². The van der Waals surface area contributed by atoms with E-state index < -0.39 is 10.8 Å². The lowest BCUT2D eigenvalue weighted by molar-refractivity contribution is -0.128. The normalized spacial score (nSPS) is 23.1. The Bertz CT molecular complexity index is 3370. The third-order valence-corrected chi connectivity index (χ3v) is 16.7. The van der Waals surface area contributed by atoms with Gasteiger partial charge in [0.15, 0.2) is 10.3 Å². The number of benzene rings is 6. The zero-order valence-corrected chi connectivity index (χ0v) is 39.7. The van der Waals surface area contributed by atoms with Crippen molar-refractivity contribution in [3.63, 3.8) is 0 Å². The number of thiazole rings is 2. The largest absolute Gasteiger partial charge is 0.371 e. The van der Waals surface area contributed by atoms with Gasteiger partial charge in [0.25, 0.3) is 0 Å².